The van der Waals surface area contributed by atoms with E-state index < -0.39 is 5.60 Å². The molecule has 1 saturated carbocycles. The normalized spacial score (nSPS) is 18.1. The van der Waals surface area contributed by atoms with Gasteiger partial charge >= 0.3 is 0 Å². The highest BCUT2D eigenvalue weighted by molar-refractivity contribution is 5.86. The maximum Gasteiger partial charge on any atom is 0.270 e. The lowest BCUT2D eigenvalue weighted by molar-refractivity contribution is -0.138. The Bertz CT molecular complexity index is 359. The molecule has 1 aliphatic rings. The van der Waals surface area contributed by atoms with Crippen LogP contribution in [0.4, 0.5) is 5.69 Å². The maximum absolute atomic E-state index is 11.7. The van der Waals surface area contributed by atoms with Crippen LogP contribution in [0.3, 0.4) is 0 Å². The summed E-state index contributed by atoms with van der Waals surface area (Å²) in [6.45, 7) is 0. The SMILES string of the molecule is O=C(NNc1ccccc1)C1(O)CCCC1. The zero-order valence-corrected chi connectivity index (χ0v) is 9.07. The number of carbonyl (C=O) groups is 1. The fourth-order valence-electron chi connectivity index (χ4n) is 1.95. The molecule has 1 amide bonds. The van der Waals surface area contributed by atoms with Crippen molar-refractivity contribution in [2.75, 3.05) is 5.43 Å². The topological polar surface area (TPSA) is 61.4 Å². The third kappa shape index (κ3) is 2.33. The molecule has 3 N–H and O–H groups in total. The second-order valence-corrected chi connectivity index (χ2v) is 4.18. The van der Waals surface area contributed by atoms with E-state index in [-0.39, 0.29) is 5.91 Å². The van der Waals surface area contributed by atoms with Crippen molar-refractivity contribution in [3.63, 3.8) is 0 Å². The van der Waals surface area contributed by atoms with Crippen LogP contribution in [-0.2, 0) is 4.79 Å². The molecule has 4 nitrogen and oxygen atoms in total. The van der Waals surface area contributed by atoms with E-state index in [1.54, 1.807) is 0 Å². The third-order valence-electron chi connectivity index (χ3n) is 2.95. The Balaban J connectivity index is 1.89. The van der Waals surface area contributed by atoms with E-state index in [9.17, 15) is 9.90 Å². The molecule has 0 heterocycles. The summed E-state index contributed by atoms with van der Waals surface area (Å²) in [5.74, 6) is -0.339. The smallest absolute Gasteiger partial charge is 0.270 e. The molecule has 86 valence electrons. The van der Waals surface area contributed by atoms with Gasteiger partial charge in [0.05, 0.1) is 5.69 Å². The van der Waals surface area contributed by atoms with Gasteiger partial charge in [-0.1, -0.05) is 18.2 Å². The van der Waals surface area contributed by atoms with Gasteiger partial charge in [0.2, 0.25) is 0 Å². The Morgan fingerprint density at radius 2 is 1.81 bits per heavy atom. The highest BCUT2D eigenvalue weighted by Crippen LogP contribution is 2.29. The van der Waals surface area contributed by atoms with Gasteiger partial charge in [-0.2, -0.15) is 0 Å². The van der Waals surface area contributed by atoms with Gasteiger partial charge in [-0.25, -0.2) is 0 Å². The van der Waals surface area contributed by atoms with Crippen LogP contribution in [0.1, 0.15) is 25.7 Å². The minimum atomic E-state index is -1.18. The number of carbonyl (C=O) groups excluding carboxylic acids is 1. The Kier molecular flexibility index (Phi) is 3.10. The highest BCUT2D eigenvalue weighted by Gasteiger charge is 2.38. The molecular weight excluding hydrogens is 204 g/mol. The van der Waals surface area contributed by atoms with Crippen LogP contribution < -0.4 is 10.9 Å². The predicted octanol–water partition coefficient (Wildman–Crippen LogP) is 1.43. The fraction of sp³-hybridized carbons (Fsp3) is 0.417. The third-order valence-corrected chi connectivity index (χ3v) is 2.95. The summed E-state index contributed by atoms with van der Waals surface area (Å²) in [5.41, 5.74) is 4.95. The largest absolute Gasteiger partial charge is 0.380 e. The predicted molar refractivity (Wildman–Crippen MR) is 61.6 cm³/mol. The number of anilines is 1. The first kappa shape index (κ1) is 11.0. The van der Waals surface area contributed by atoms with Gasteiger partial charge in [-0.05, 0) is 37.8 Å². The summed E-state index contributed by atoms with van der Waals surface area (Å²) in [4.78, 5) is 11.7. The van der Waals surface area contributed by atoms with E-state index in [1.165, 1.54) is 0 Å². The molecule has 1 aromatic rings. The zero-order chi connectivity index (χ0) is 11.4. The van der Waals surface area contributed by atoms with Crippen LogP contribution in [0, 0.1) is 0 Å². The molecule has 0 radical (unpaired) electrons. The van der Waals surface area contributed by atoms with E-state index in [2.05, 4.69) is 10.9 Å². The van der Waals surface area contributed by atoms with Crippen LogP contribution in [0.2, 0.25) is 0 Å². The Hall–Kier alpha value is -1.55. The highest BCUT2D eigenvalue weighted by atomic mass is 16.3. The molecule has 0 saturated heterocycles. The number of hydrazine groups is 1. The van der Waals surface area contributed by atoms with Crippen molar-refractivity contribution in [2.24, 2.45) is 0 Å². The number of nitrogens with one attached hydrogen (secondary N) is 2. The second-order valence-electron chi connectivity index (χ2n) is 4.18. The lowest BCUT2D eigenvalue weighted by atomic mass is 10.0. The first-order valence-corrected chi connectivity index (χ1v) is 5.55. The van der Waals surface area contributed by atoms with Gasteiger partial charge in [0, 0.05) is 0 Å². The van der Waals surface area contributed by atoms with E-state index >= 15 is 0 Å². The van der Waals surface area contributed by atoms with Gasteiger partial charge in [0.25, 0.3) is 5.91 Å². The minimum absolute atomic E-state index is 0.339. The van der Waals surface area contributed by atoms with Crippen LogP contribution in [-0.4, -0.2) is 16.6 Å². The molecule has 0 aromatic heterocycles. The Labute approximate surface area is 94.6 Å². The van der Waals surface area contributed by atoms with Crippen molar-refractivity contribution in [1.82, 2.24) is 5.43 Å². The number of rotatable bonds is 3. The fourth-order valence-corrected chi connectivity index (χ4v) is 1.95. The average Bonchev–Trinajstić information content (AvgIpc) is 2.76. The second kappa shape index (κ2) is 4.53. The number of para-hydroxylation sites is 1. The summed E-state index contributed by atoms with van der Waals surface area (Å²) in [6, 6.07) is 9.34. The number of hydrogen-bond acceptors (Lipinski definition) is 3. The monoisotopic (exact) mass is 220 g/mol. The number of amides is 1. The summed E-state index contributed by atoms with van der Waals surface area (Å²) >= 11 is 0. The van der Waals surface area contributed by atoms with Crippen molar-refractivity contribution in [3.05, 3.63) is 30.3 Å². The van der Waals surface area contributed by atoms with Crippen LogP contribution in [0.5, 0.6) is 0 Å². The summed E-state index contributed by atoms with van der Waals surface area (Å²) in [6.07, 6.45) is 2.93. The molecule has 0 atom stereocenters. The molecular formula is C12H16N2O2. The van der Waals surface area contributed by atoms with Crippen LogP contribution in [0.25, 0.3) is 0 Å². The maximum atomic E-state index is 11.7. The van der Waals surface area contributed by atoms with Crippen LogP contribution in [0.15, 0.2) is 30.3 Å². The van der Waals surface area contributed by atoms with E-state index in [4.69, 9.17) is 0 Å². The molecule has 16 heavy (non-hydrogen) atoms. The van der Waals surface area contributed by atoms with Gasteiger partial charge in [0.15, 0.2) is 0 Å². The standard InChI is InChI=1S/C12H16N2O2/c15-11(12(16)8-4-5-9-12)14-13-10-6-2-1-3-7-10/h1-3,6-7,13,16H,4-5,8-9H2,(H,14,15). The van der Waals surface area contributed by atoms with Crippen molar-refractivity contribution in [2.45, 2.75) is 31.3 Å². The molecule has 1 fully saturated rings. The van der Waals surface area contributed by atoms with Gasteiger partial charge in [0.1, 0.15) is 5.60 Å². The molecule has 0 bridgehead atoms. The van der Waals surface area contributed by atoms with E-state index in [0.717, 1.165) is 18.5 Å². The summed E-state index contributed by atoms with van der Waals surface area (Å²) in [7, 11) is 0. The average molecular weight is 220 g/mol. The number of benzene rings is 1. The number of hydrogen-bond donors (Lipinski definition) is 3. The molecule has 1 aliphatic carbocycles. The van der Waals surface area contributed by atoms with Gasteiger partial charge < -0.3 is 5.11 Å². The van der Waals surface area contributed by atoms with Gasteiger partial charge in [-0.3, -0.25) is 15.6 Å². The van der Waals surface area contributed by atoms with E-state index in [0.29, 0.717) is 12.8 Å². The van der Waals surface area contributed by atoms with Crippen molar-refractivity contribution < 1.29 is 9.90 Å². The summed E-state index contributed by atoms with van der Waals surface area (Å²) < 4.78 is 0. The molecule has 0 unspecified atom stereocenters. The van der Waals surface area contributed by atoms with Crippen LogP contribution >= 0.6 is 0 Å². The first-order chi connectivity index (χ1) is 7.71. The summed E-state index contributed by atoms with van der Waals surface area (Å²) in [5, 5.41) is 9.99. The van der Waals surface area contributed by atoms with Gasteiger partial charge in [-0.15, -0.1) is 0 Å². The lowest BCUT2D eigenvalue weighted by Crippen LogP contribution is -2.46. The Morgan fingerprint density at radius 1 is 1.19 bits per heavy atom. The molecule has 0 spiro atoms. The van der Waals surface area contributed by atoms with E-state index in [1.807, 2.05) is 30.3 Å². The zero-order valence-electron chi connectivity index (χ0n) is 9.07. The quantitative estimate of drug-likeness (QED) is 0.675. The molecule has 0 aliphatic heterocycles. The minimum Gasteiger partial charge on any atom is -0.380 e. The van der Waals surface area contributed by atoms with Crippen molar-refractivity contribution in [1.29, 1.82) is 0 Å². The molecule has 4 heteroatoms. The van der Waals surface area contributed by atoms with Crippen molar-refractivity contribution in [3.8, 4) is 0 Å². The molecule has 1 aromatic carbocycles. The lowest BCUT2D eigenvalue weighted by Gasteiger charge is -2.21. The first-order valence-electron chi connectivity index (χ1n) is 5.55. The number of aliphatic hydroxyl groups is 1. The Morgan fingerprint density at radius 3 is 2.44 bits per heavy atom. The molecule has 2 rings (SSSR count). The van der Waals surface area contributed by atoms with Crippen molar-refractivity contribution >= 4 is 11.6 Å².